The van der Waals surface area contributed by atoms with Gasteiger partial charge in [-0.2, -0.15) is 0 Å². The molecule has 0 bridgehead atoms. The molecule has 5 N–H and O–H groups in total. The number of amides is 1. The zero-order valence-electron chi connectivity index (χ0n) is 53.5. The lowest BCUT2D eigenvalue weighted by atomic mass is 9.86. The molecule has 11 nitrogen and oxygen atoms in total. The Bertz CT molecular complexity index is 1300. The van der Waals surface area contributed by atoms with E-state index in [1.807, 2.05) is 0 Å². The van der Waals surface area contributed by atoms with Crippen molar-refractivity contribution in [1.29, 1.82) is 0 Å². The third-order valence-corrected chi connectivity index (χ3v) is 16.4. The van der Waals surface area contributed by atoms with Crippen molar-refractivity contribution in [1.82, 2.24) is 10.2 Å². The number of unbranched alkanes of at least 4 members (excludes halogenated alkanes) is 30. The largest absolute Gasteiger partial charge is 0.469 e. The van der Waals surface area contributed by atoms with Crippen molar-refractivity contribution in [3.05, 3.63) is 0 Å². The molecule has 0 aromatic heterocycles. The summed E-state index contributed by atoms with van der Waals surface area (Å²) in [5.74, 6) is -1.17. The van der Waals surface area contributed by atoms with Crippen molar-refractivity contribution in [2.24, 2.45) is 11.8 Å². The number of nitrogens with one attached hydrogen (secondary N) is 1. The van der Waals surface area contributed by atoms with E-state index in [0.717, 1.165) is 89.9 Å². The molecule has 0 aromatic rings. The summed E-state index contributed by atoms with van der Waals surface area (Å²) in [6, 6.07) is -0.856. The van der Waals surface area contributed by atoms with Gasteiger partial charge in [0, 0.05) is 19.5 Å². The highest BCUT2D eigenvalue weighted by atomic mass is 16.6. The summed E-state index contributed by atoms with van der Waals surface area (Å²) in [5.41, 5.74) is -0.761. The van der Waals surface area contributed by atoms with Crippen LogP contribution in [0.15, 0.2) is 0 Å². The Morgan fingerprint density at radius 2 is 0.759 bits per heavy atom. The van der Waals surface area contributed by atoms with Crippen LogP contribution in [0.4, 0.5) is 4.79 Å². The zero-order chi connectivity index (χ0) is 58.6. The van der Waals surface area contributed by atoms with Crippen LogP contribution in [0.5, 0.6) is 0 Å². The van der Waals surface area contributed by atoms with Gasteiger partial charge in [0.05, 0.1) is 43.5 Å². The summed E-state index contributed by atoms with van der Waals surface area (Å²) in [7, 11) is 1.36. The fourth-order valence-corrected chi connectivity index (χ4v) is 11.6. The number of rotatable bonds is 59. The molecule has 1 amide bonds. The minimum Gasteiger partial charge on any atom is -0.469 e. The van der Waals surface area contributed by atoms with Gasteiger partial charge in [-0.05, 0) is 97.4 Å². The monoisotopic (exact) mass is 1120 g/mol. The molecule has 0 aliphatic carbocycles. The first-order valence-corrected chi connectivity index (χ1v) is 34.1. The molecule has 0 fully saturated rings. The first-order chi connectivity index (χ1) is 38.1. The third kappa shape index (κ3) is 50.4. The average molecular weight is 1120 g/mol. The first kappa shape index (κ1) is 77.2. The van der Waals surface area contributed by atoms with Gasteiger partial charge in [0.15, 0.2) is 5.78 Å². The Kier molecular flexibility index (Phi) is 52.9. The lowest BCUT2D eigenvalue weighted by Gasteiger charge is -2.28. The van der Waals surface area contributed by atoms with E-state index in [1.54, 1.807) is 20.8 Å². The van der Waals surface area contributed by atoms with Crippen LogP contribution in [0.3, 0.4) is 0 Å². The van der Waals surface area contributed by atoms with Crippen LogP contribution in [-0.2, 0) is 19.1 Å². The van der Waals surface area contributed by atoms with Gasteiger partial charge in [0.2, 0.25) is 0 Å². The summed E-state index contributed by atoms with van der Waals surface area (Å²) < 4.78 is 10.9. The fourth-order valence-electron chi connectivity index (χ4n) is 11.6. The second-order valence-electron chi connectivity index (χ2n) is 25.6. The van der Waals surface area contributed by atoms with Gasteiger partial charge >= 0.3 is 12.1 Å². The zero-order valence-corrected chi connectivity index (χ0v) is 53.5. The lowest BCUT2D eigenvalue weighted by Crippen LogP contribution is -2.44. The van der Waals surface area contributed by atoms with E-state index in [1.165, 1.54) is 161 Å². The molecule has 0 aliphatic rings. The molecule has 0 heterocycles. The number of carbonyl (C=O) groups excluding carboxylic acids is 3. The molecule has 0 aliphatic heterocycles. The number of hydrogen-bond acceptors (Lipinski definition) is 10. The number of aliphatic hydroxyl groups is 4. The van der Waals surface area contributed by atoms with Crippen LogP contribution in [0.1, 0.15) is 344 Å². The molecule has 0 saturated heterocycles. The Morgan fingerprint density at radius 1 is 0.430 bits per heavy atom. The molecular formula is C68H134N2O9. The second kappa shape index (κ2) is 54.2. The van der Waals surface area contributed by atoms with Gasteiger partial charge in [-0.3, -0.25) is 14.5 Å². The predicted octanol–water partition coefficient (Wildman–Crippen LogP) is 17.6. The van der Waals surface area contributed by atoms with Gasteiger partial charge in [-0.25, -0.2) is 4.79 Å². The molecule has 0 saturated carbocycles. The van der Waals surface area contributed by atoms with E-state index in [2.05, 4.69) is 37.9 Å². The summed E-state index contributed by atoms with van der Waals surface area (Å²) in [6.07, 6.45) is 45.4. The number of ketones is 1. The van der Waals surface area contributed by atoms with E-state index < -0.39 is 54.0 Å². The van der Waals surface area contributed by atoms with Crippen molar-refractivity contribution >= 4 is 17.8 Å². The van der Waals surface area contributed by atoms with E-state index in [4.69, 9.17) is 9.47 Å². The molecule has 0 aromatic carbocycles. The number of methoxy groups -OCH3 is 1. The molecule has 470 valence electrons. The number of ether oxygens (including phenoxy) is 2. The minimum absolute atomic E-state index is 0.0623. The normalized spacial score (nSPS) is 14.4. The SMILES string of the molecule is CCCCCCCCCC[C@@H](O)CC(CCCC[C@@H](CC(=O)[C@@H](CCCCN(C[C@H](O)CCCCCCCCCC)C[C@H](O)CCCCCCCCCC)NC(=O)OC(C)(C)C)C(=O)OC)C[C@H](O)CCCCCCCCCC. The number of aliphatic hydroxyl groups excluding tert-OH is 4. The third-order valence-electron chi connectivity index (χ3n) is 16.4. The quantitative estimate of drug-likeness (QED) is 0.0292. The number of carbonyl (C=O) groups is 3. The Hall–Kier alpha value is -1.79. The Balaban J connectivity index is 5.80. The number of esters is 1. The lowest BCUT2D eigenvalue weighted by molar-refractivity contribution is -0.147. The highest BCUT2D eigenvalue weighted by molar-refractivity contribution is 5.90. The molecule has 0 spiro atoms. The van der Waals surface area contributed by atoms with Crippen LogP contribution < -0.4 is 5.32 Å². The summed E-state index contributed by atoms with van der Waals surface area (Å²) in [6.45, 7) is 16.0. The van der Waals surface area contributed by atoms with Crippen LogP contribution in [0.25, 0.3) is 0 Å². The van der Waals surface area contributed by atoms with E-state index in [9.17, 15) is 34.8 Å². The van der Waals surface area contributed by atoms with Crippen molar-refractivity contribution < 1.29 is 44.3 Å². The Morgan fingerprint density at radius 3 is 1.13 bits per heavy atom. The molecular weight excluding hydrogens is 989 g/mol. The molecule has 0 unspecified atom stereocenters. The highest BCUT2D eigenvalue weighted by Gasteiger charge is 2.30. The smallest absolute Gasteiger partial charge is 0.408 e. The van der Waals surface area contributed by atoms with Crippen LogP contribution in [0.2, 0.25) is 0 Å². The standard InChI is InChI=1S/C68H134N2O9/c1-9-13-17-21-25-29-33-37-47-60(71)53-58(54-61(72)48-38-34-30-26-22-18-14-10-2)45-41-42-46-59(66(76)78-8)55-65(75)64(69-67(77)79-68(5,6)7)51-43-44-52-70(56-62(73)49-39-35-31-27-23-19-15-11-3)57-63(74)50-40-36-32-28-24-20-16-12-4/h58-64,71-74H,9-57H2,1-8H3,(H,69,77)/t59-,60+,61+,62+,63+,64+/m0/s1. The van der Waals surface area contributed by atoms with Crippen molar-refractivity contribution in [3.8, 4) is 0 Å². The van der Waals surface area contributed by atoms with Crippen LogP contribution in [0, 0.1) is 11.8 Å². The van der Waals surface area contributed by atoms with E-state index in [-0.39, 0.29) is 18.1 Å². The van der Waals surface area contributed by atoms with Gasteiger partial charge < -0.3 is 35.2 Å². The number of nitrogens with zero attached hydrogens (tertiary/aromatic N) is 1. The van der Waals surface area contributed by atoms with Crippen LogP contribution >= 0.6 is 0 Å². The molecule has 79 heavy (non-hydrogen) atoms. The summed E-state index contributed by atoms with van der Waals surface area (Å²) in [4.78, 5) is 43.0. The summed E-state index contributed by atoms with van der Waals surface area (Å²) in [5, 5.41) is 47.8. The first-order valence-electron chi connectivity index (χ1n) is 34.1. The topological polar surface area (TPSA) is 166 Å². The van der Waals surface area contributed by atoms with Gasteiger partial charge in [-0.1, -0.05) is 252 Å². The molecule has 6 atom stereocenters. The van der Waals surface area contributed by atoms with E-state index in [0.29, 0.717) is 64.6 Å². The van der Waals surface area contributed by atoms with E-state index >= 15 is 0 Å². The number of alkyl carbamates (subject to hydrolysis) is 1. The van der Waals surface area contributed by atoms with Crippen molar-refractivity contribution in [2.75, 3.05) is 26.7 Å². The molecule has 11 heteroatoms. The summed E-state index contributed by atoms with van der Waals surface area (Å²) >= 11 is 0. The number of hydrogen-bond donors (Lipinski definition) is 5. The van der Waals surface area contributed by atoms with Gasteiger partial charge in [0.25, 0.3) is 0 Å². The second-order valence-corrected chi connectivity index (χ2v) is 25.6. The maximum absolute atomic E-state index is 14.3. The predicted molar refractivity (Wildman–Crippen MR) is 333 cm³/mol. The van der Waals surface area contributed by atoms with Crippen molar-refractivity contribution in [3.63, 3.8) is 0 Å². The van der Waals surface area contributed by atoms with Crippen LogP contribution in [-0.4, -0.2) is 106 Å². The molecule has 0 radical (unpaired) electrons. The molecule has 0 rings (SSSR count). The van der Waals surface area contributed by atoms with Gasteiger partial charge in [0.1, 0.15) is 5.60 Å². The number of Topliss-reactive ketones (excluding diaryl/α,β-unsaturated/α-hetero) is 1. The maximum atomic E-state index is 14.3. The van der Waals surface area contributed by atoms with Gasteiger partial charge in [-0.15, -0.1) is 0 Å². The van der Waals surface area contributed by atoms with Crippen molar-refractivity contribution in [2.45, 2.75) is 380 Å². The maximum Gasteiger partial charge on any atom is 0.408 e. The average Bonchev–Trinajstić information content (AvgIpc) is 3.40. The Labute approximate surface area is 488 Å². The fraction of sp³-hybridized carbons (Fsp3) is 0.956. The highest BCUT2D eigenvalue weighted by Crippen LogP contribution is 2.28. The minimum atomic E-state index is -0.856.